The molecule has 1 aromatic rings. The molecule has 0 saturated carbocycles. The molecule has 0 amide bonds. The third-order valence-corrected chi connectivity index (χ3v) is 1.77. The molecule has 0 radical (unpaired) electrons. The predicted octanol–water partition coefficient (Wildman–Crippen LogP) is 0.0729. The molecule has 14 heavy (non-hydrogen) atoms. The lowest BCUT2D eigenvalue weighted by molar-refractivity contribution is -0.131. The standard InChI is InChI=1S/C10H11BO3/c1-6(12)9-4-3-8(11)5-10(9)14-7(2)13/h3-5H,11H2,1-2H3. The first-order valence-electron chi connectivity index (χ1n) is 4.30. The van der Waals surface area contributed by atoms with Crippen LogP contribution in [0.3, 0.4) is 0 Å². The van der Waals surface area contributed by atoms with Crippen LogP contribution in [0.2, 0.25) is 0 Å². The molecular weight excluding hydrogens is 179 g/mol. The van der Waals surface area contributed by atoms with Crippen molar-refractivity contribution < 1.29 is 14.3 Å². The van der Waals surface area contributed by atoms with E-state index in [4.69, 9.17) is 4.74 Å². The molecule has 1 rings (SSSR count). The van der Waals surface area contributed by atoms with E-state index in [0.717, 1.165) is 5.46 Å². The first-order chi connectivity index (χ1) is 6.50. The Morgan fingerprint density at radius 1 is 1.29 bits per heavy atom. The summed E-state index contributed by atoms with van der Waals surface area (Å²) in [4.78, 5) is 21.9. The fraction of sp³-hybridized carbons (Fsp3) is 0.200. The molecule has 0 spiro atoms. The summed E-state index contributed by atoms with van der Waals surface area (Å²) >= 11 is 0. The highest BCUT2D eigenvalue weighted by Crippen LogP contribution is 2.17. The van der Waals surface area contributed by atoms with Crippen molar-refractivity contribution in [2.45, 2.75) is 13.8 Å². The van der Waals surface area contributed by atoms with Crippen LogP contribution in [0.15, 0.2) is 18.2 Å². The first kappa shape index (κ1) is 10.5. The van der Waals surface area contributed by atoms with Crippen molar-refractivity contribution in [3.63, 3.8) is 0 Å². The molecule has 0 fully saturated rings. The number of hydrogen-bond donors (Lipinski definition) is 0. The zero-order valence-corrected chi connectivity index (χ0v) is 8.46. The van der Waals surface area contributed by atoms with Crippen LogP contribution < -0.4 is 10.2 Å². The minimum absolute atomic E-state index is 0.110. The van der Waals surface area contributed by atoms with E-state index in [0.29, 0.717) is 11.3 Å². The number of benzene rings is 1. The number of carbonyl (C=O) groups excluding carboxylic acids is 2. The molecule has 1 aromatic carbocycles. The Kier molecular flexibility index (Phi) is 3.07. The van der Waals surface area contributed by atoms with Gasteiger partial charge in [0.25, 0.3) is 0 Å². The van der Waals surface area contributed by atoms with Gasteiger partial charge in [-0.15, -0.1) is 0 Å². The smallest absolute Gasteiger partial charge is 0.308 e. The molecule has 0 aliphatic rings. The Bertz CT molecular complexity index is 385. The van der Waals surface area contributed by atoms with Gasteiger partial charge in [0.1, 0.15) is 13.6 Å². The molecule has 3 nitrogen and oxygen atoms in total. The summed E-state index contributed by atoms with van der Waals surface area (Å²) in [5.74, 6) is -0.190. The predicted molar refractivity (Wildman–Crippen MR) is 55.9 cm³/mol. The first-order valence-corrected chi connectivity index (χ1v) is 4.30. The zero-order valence-electron chi connectivity index (χ0n) is 8.46. The van der Waals surface area contributed by atoms with Crippen molar-refractivity contribution in [2.24, 2.45) is 0 Å². The molecule has 0 bridgehead atoms. The van der Waals surface area contributed by atoms with E-state index in [2.05, 4.69) is 0 Å². The van der Waals surface area contributed by atoms with Crippen molar-refractivity contribution in [1.29, 1.82) is 0 Å². The summed E-state index contributed by atoms with van der Waals surface area (Å²) in [6.07, 6.45) is 0. The molecule has 0 aromatic heterocycles. The fourth-order valence-electron chi connectivity index (χ4n) is 1.16. The van der Waals surface area contributed by atoms with Crippen LogP contribution >= 0.6 is 0 Å². The Morgan fingerprint density at radius 2 is 1.93 bits per heavy atom. The van der Waals surface area contributed by atoms with Crippen molar-refractivity contribution in [1.82, 2.24) is 0 Å². The Morgan fingerprint density at radius 3 is 2.43 bits per heavy atom. The van der Waals surface area contributed by atoms with Gasteiger partial charge in [-0.2, -0.15) is 0 Å². The molecule has 4 heteroatoms. The maximum Gasteiger partial charge on any atom is 0.308 e. The maximum atomic E-state index is 11.2. The quantitative estimate of drug-likeness (QED) is 0.287. The van der Waals surface area contributed by atoms with Crippen LogP contribution in [0.1, 0.15) is 24.2 Å². The molecule has 0 atom stereocenters. The molecule has 72 valence electrons. The van der Waals surface area contributed by atoms with Gasteiger partial charge in [0, 0.05) is 6.92 Å². The topological polar surface area (TPSA) is 43.4 Å². The SMILES string of the molecule is Bc1ccc(C(C)=O)c(OC(C)=O)c1. The van der Waals surface area contributed by atoms with Crippen molar-refractivity contribution in [2.75, 3.05) is 0 Å². The van der Waals surface area contributed by atoms with Crippen molar-refractivity contribution in [3.8, 4) is 5.75 Å². The summed E-state index contributed by atoms with van der Waals surface area (Å²) in [6, 6.07) is 5.15. The fourth-order valence-corrected chi connectivity index (χ4v) is 1.16. The van der Waals surface area contributed by atoms with E-state index in [9.17, 15) is 9.59 Å². The Hall–Kier alpha value is -1.58. The van der Waals surface area contributed by atoms with Gasteiger partial charge in [-0.1, -0.05) is 11.5 Å². The summed E-state index contributed by atoms with van der Waals surface area (Å²) < 4.78 is 4.93. The highest BCUT2D eigenvalue weighted by Gasteiger charge is 2.09. The monoisotopic (exact) mass is 190 g/mol. The second kappa shape index (κ2) is 4.09. The number of ketones is 1. The van der Waals surface area contributed by atoms with E-state index in [1.54, 1.807) is 12.1 Å². The van der Waals surface area contributed by atoms with Gasteiger partial charge in [0.15, 0.2) is 5.78 Å². The number of carbonyl (C=O) groups is 2. The van der Waals surface area contributed by atoms with E-state index >= 15 is 0 Å². The molecule has 0 heterocycles. The van der Waals surface area contributed by atoms with E-state index in [1.165, 1.54) is 13.8 Å². The van der Waals surface area contributed by atoms with Gasteiger partial charge in [-0.3, -0.25) is 9.59 Å². The third-order valence-electron chi connectivity index (χ3n) is 1.77. The van der Waals surface area contributed by atoms with Crippen molar-refractivity contribution in [3.05, 3.63) is 23.8 Å². The number of esters is 1. The normalized spacial score (nSPS) is 9.57. The van der Waals surface area contributed by atoms with Gasteiger partial charge in [-0.05, 0) is 19.1 Å². The largest absolute Gasteiger partial charge is 0.426 e. The second-order valence-corrected chi connectivity index (χ2v) is 3.15. The minimum Gasteiger partial charge on any atom is -0.426 e. The third kappa shape index (κ3) is 2.45. The Balaban J connectivity index is 3.15. The van der Waals surface area contributed by atoms with Crippen LogP contribution in [-0.2, 0) is 4.79 Å². The van der Waals surface area contributed by atoms with Crippen LogP contribution in [0.4, 0.5) is 0 Å². The lowest BCUT2D eigenvalue weighted by Crippen LogP contribution is -2.10. The summed E-state index contributed by atoms with van der Waals surface area (Å²) in [6.45, 7) is 2.75. The molecule has 0 N–H and O–H groups in total. The van der Waals surface area contributed by atoms with Gasteiger partial charge in [0.2, 0.25) is 0 Å². The van der Waals surface area contributed by atoms with E-state index in [-0.39, 0.29) is 5.78 Å². The molecular formula is C10H11BO3. The summed E-state index contributed by atoms with van der Waals surface area (Å²) in [5, 5.41) is 0. The number of Topliss-reactive ketones (excluding diaryl/α,β-unsaturated/α-hetero) is 1. The lowest BCUT2D eigenvalue weighted by Gasteiger charge is -2.06. The number of hydrogen-bond acceptors (Lipinski definition) is 3. The zero-order chi connectivity index (χ0) is 10.7. The molecule has 0 aliphatic carbocycles. The highest BCUT2D eigenvalue weighted by molar-refractivity contribution is 6.32. The average molecular weight is 190 g/mol. The van der Waals surface area contributed by atoms with Gasteiger partial charge in [-0.25, -0.2) is 0 Å². The van der Waals surface area contributed by atoms with Crippen LogP contribution in [-0.4, -0.2) is 19.6 Å². The maximum absolute atomic E-state index is 11.2. The molecule has 0 unspecified atom stereocenters. The van der Waals surface area contributed by atoms with Gasteiger partial charge >= 0.3 is 5.97 Å². The second-order valence-electron chi connectivity index (χ2n) is 3.15. The number of ether oxygens (including phenoxy) is 1. The number of rotatable bonds is 2. The molecule has 0 saturated heterocycles. The average Bonchev–Trinajstić information content (AvgIpc) is 2.01. The van der Waals surface area contributed by atoms with Crippen molar-refractivity contribution >= 4 is 25.1 Å². The lowest BCUT2D eigenvalue weighted by atomic mass is 9.94. The summed E-state index contributed by atoms with van der Waals surface area (Å²) in [5.41, 5.74) is 1.39. The van der Waals surface area contributed by atoms with Crippen LogP contribution in [0, 0.1) is 0 Å². The van der Waals surface area contributed by atoms with Crippen LogP contribution in [0.25, 0.3) is 0 Å². The van der Waals surface area contributed by atoms with Gasteiger partial charge in [0.05, 0.1) is 5.56 Å². The van der Waals surface area contributed by atoms with E-state index in [1.807, 2.05) is 13.9 Å². The highest BCUT2D eigenvalue weighted by atomic mass is 16.5. The van der Waals surface area contributed by atoms with Gasteiger partial charge < -0.3 is 4.74 Å². The van der Waals surface area contributed by atoms with E-state index < -0.39 is 5.97 Å². The molecule has 0 aliphatic heterocycles. The summed E-state index contributed by atoms with van der Waals surface area (Å²) in [7, 11) is 1.87. The Labute approximate surface area is 83.5 Å². The van der Waals surface area contributed by atoms with Crippen LogP contribution in [0.5, 0.6) is 5.75 Å². The minimum atomic E-state index is -0.418.